The fourth-order valence-corrected chi connectivity index (χ4v) is 3.35. The molecule has 0 saturated carbocycles. The predicted octanol–water partition coefficient (Wildman–Crippen LogP) is 3.53. The number of hydrogen-bond acceptors (Lipinski definition) is 6. The van der Waals surface area contributed by atoms with Gasteiger partial charge in [0.2, 0.25) is 0 Å². The van der Waals surface area contributed by atoms with Crippen molar-refractivity contribution in [3.8, 4) is 11.5 Å². The highest BCUT2D eigenvalue weighted by Gasteiger charge is 2.21. The van der Waals surface area contributed by atoms with Crippen molar-refractivity contribution < 1.29 is 24.2 Å². The third-order valence-electron chi connectivity index (χ3n) is 4.98. The van der Waals surface area contributed by atoms with Gasteiger partial charge in [-0.1, -0.05) is 18.2 Å². The lowest BCUT2D eigenvalue weighted by Gasteiger charge is -2.29. The maximum Gasteiger partial charge on any atom is 0.419 e. The van der Waals surface area contributed by atoms with Crippen LogP contribution in [0.25, 0.3) is 0 Å². The Labute approximate surface area is 170 Å². The number of phenolic OH excluding ortho intramolecular Hbond substituents is 1. The Morgan fingerprint density at radius 2 is 1.97 bits per heavy atom. The number of amides is 1. The van der Waals surface area contributed by atoms with Crippen LogP contribution in [0.1, 0.15) is 23.2 Å². The lowest BCUT2D eigenvalue weighted by Crippen LogP contribution is -2.34. The first-order valence-electron chi connectivity index (χ1n) is 9.63. The molecule has 1 aliphatic rings. The molecule has 1 unspecified atom stereocenters. The third-order valence-corrected chi connectivity index (χ3v) is 4.98. The second-order valence-electron chi connectivity index (χ2n) is 7.31. The summed E-state index contributed by atoms with van der Waals surface area (Å²) in [6, 6.07) is 13.1. The van der Waals surface area contributed by atoms with E-state index < -0.39 is 12.1 Å². The van der Waals surface area contributed by atoms with Crippen LogP contribution in [0.3, 0.4) is 0 Å². The van der Waals surface area contributed by atoms with Gasteiger partial charge in [-0.15, -0.1) is 0 Å². The van der Waals surface area contributed by atoms with E-state index in [1.165, 1.54) is 23.1 Å². The molecule has 2 aromatic carbocycles. The lowest BCUT2D eigenvalue weighted by atomic mass is 9.99. The van der Waals surface area contributed by atoms with Crippen molar-refractivity contribution in [2.24, 2.45) is 5.92 Å². The summed E-state index contributed by atoms with van der Waals surface area (Å²) in [6.07, 6.45) is 1.48. The number of likely N-dealkylation sites (tertiary alicyclic amines) is 1. The van der Waals surface area contributed by atoms with Crippen molar-refractivity contribution in [3.05, 3.63) is 54.1 Å². The lowest BCUT2D eigenvalue weighted by molar-refractivity contribution is 0.0368. The molecule has 0 aliphatic carbocycles. The summed E-state index contributed by atoms with van der Waals surface area (Å²) in [7, 11) is 3.64. The average molecular weight is 398 g/mol. The van der Waals surface area contributed by atoms with E-state index in [4.69, 9.17) is 9.47 Å². The zero-order chi connectivity index (χ0) is 20.8. The van der Waals surface area contributed by atoms with Crippen LogP contribution in [0.4, 0.5) is 10.5 Å². The monoisotopic (exact) mass is 398 g/mol. The fraction of sp³-hybridized carbons (Fsp3) is 0.364. The minimum absolute atomic E-state index is 0.0261. The summed E-state index contributed by atoms with van der Waals surface area (Å²) < 4.78 is 10.7. The summed E-state index contributed by atoms with van der Waals surface area (Å²) in [5.74, 6) is -0.419. The summed E-state index contributed by atoms with van der Waals surface area (Å²) in [6.45, 7) is 2.22. The summed E-state index contributed by atoms with van der Waals surface area (Å²) >= 11 is 0. The quantitative estimate of drug-likeness (QED) is 0.777. The Morgan fingerprint density at radius 1 is 1.21 bits per heavy atom. The van der Waals surface area contributed by atoms with Crippen molar-refractivity contribution in [2.75, 3.05) is 38.7 Å². The number of carbonyl (C=O) groups is 2. The first-order chi connectivity index (χ1) is 13.9. The van der Waals surface area contributed by atoms with Crippen molar-refractivity contribution in [2.45, 2.75) is 12.8 Å². The van der Waals surface area contributed by atoms with Gasteiger partial charge < -0.3 is 19.5 Å². The number of para-hydroxylation sites is 1. The van der Waals surface area contributed by atoms with E-state index >= 15 is 0 Å². The minimum Gasteiger partial charge on any atom is -0.507 e. The molecule has 0 radical (unpaired) electrons. The molecule has 1 saturated heterocycles. The zero-order valence-corrected chi connectivity index (χ0v) is 16.7. The fourth-order valence-electron chi connectivity index (χ4n) is 3.35. The molecule has 0 bridgehead atoms. The van der Waals surface area contributed by atoms with Crippen LogP contribution in [-0.4, -0.2) is 55.9 Å². The molecule has 1 N–H and O–H groups in total. The van der Waals surface area contributed by atoms with Crippen LogP contribution < -0.4 is 9.64 Å². The van der Waals surface area contributed by atoms with Gasteiger partial charge in [-0.25, -0.2) is 9.59 Å². The Hall–Kier alpha value is -3.06. The van der Waals surface area contributed by atoms with Gasteiger partial charge in [0.1, 0.15) is 17.1 Å². The molecule has 0 spiro atoms. The van der Waals surface area contributed by atoms with Gasteiger partial charge in [0.25, 0.3) is 0 Å². The van der Waals surface area contributed by atoms with Crippen LogP contribution in [-0.2, 0) is 4.74 Å². The van der Waals surface area contributed by atoms with E-state index in [0.717, 1.165) is 25.9 Å². The Bertz CT molecular complexity index is 856. The van der Waals surface area contributed by atoms with Gasteiger partial charge in [-0.05, 0) is 56.8 Å². The van der Waals surface area contributed by atoms with Crippen LogP contribution in [0.2, 0.25) is 0 Å². The number of ether oxygens (including phenoxy) is 2. The molecule has 1 aliphatic heterocycles. The van der Waals surface area contributed by atoms with Gasteiger partial charge in [-0.2, -0.15) is 0 Å². The summed E-state index contributed by atoms with van der Waals surface area (Å²) in [5, 5.41) is 10.0. The van der Waals surface area contributed by atoms with Crippen LogP contribution in [0, 0.1) is 5.92 Å². The molecule has 7 nitrogen and oxygen atoms in total. The Morgan fingerprint density at radius 3 is 2.69 bits per heavy atom. The Balaban J connectivity index is 1.62. The number of benzene rings is 2. The predicted molar refractivity (Wildman–Crippen MR) is 109 cm³/mol. The topological polar surface area (TPSA) is 79.3 Å². The number of anilines is 1. The number of carbonyl (C=O) groups excluding carboxylic acids is 2. The molecule has 1 amide bonds. The van der Waals surface area contributed by atoms with Gasteiger partial charge in [0.05, 0.1) is 6.61 Å². The largest absolute Gasteiger partial charge is 0.507 e. The molecule has 1 atom stereocenters. The van der Waals surface area contributed by atoms with E-state index in [1.807, 2.05) is 25.2 Å². The normalized spacial score (nSPS) is 16.8. The maximum absolute atomic E-state index is 12.4. The number of piperidine rings is 1. The second-order valence-corrected chi connectivity index (χ2v) is 7.31. The molecule has 154 valence electrons. The molecule has 2 aromatic rings. The van der Waals surface area contributed by atoms with E-state index in [0.29, 0.717) is 12.3 Å². The standard InChI is InChI=1S/C22H26N2O5/c1-23-12-6-7-16(14-23)15-28-21(26)19-13-18(10-11-20(19)25)29-22(27)24(2)17-8-4-3-5-9-17/h3-5,8-11,13,16,25H,6-7,12,14-15H2,1-2H3. The first kappa shape index (κ1) is 20.7. The van der Waals surface area contributed by atoms with Crippen molar-refractivity contribution in [3.63, 3.8) is 0 Å². The highest BCUT2D eigenvalue weighted by molar-refractivity contribution is 5.93. The number of rotatable bonds is 5. The average Bonchev–Trinajstić information content (AvgIpc) is 2.73. The molecular weight excluding hydrogens is 372 g/mol. The Kier molecular flexibility index (Phi) is 6.72. The number of nitrogens with zero attached hydrogens (tertiary/aromatic N) is 2. The van der Waals surface area contributed by atoms with E-state index in [9.17, 15) is 14.7 Å². The molecule has 29 heavy (non-hydrogen) atoms. The van der Waals surface area contributed by atoms with Crippen molar-refractivity contribution in [1.29, 1.82) is 0 Å². The molecule has 3 rings (SSSR count). The number of esters is 1. The van der Waals surface area contributed by atoms with Crippen LogP contribution >= 0.6 is 0 Å². The smallest absolute Gasteiger partial charge is 0.419 e. The van der Waals surface area contributed by atoms with E-state index in [2.05, 4.69) is 4.90 Å². The zero-order valence-electron chi connectivity index (χ0n) is 16.7. The summed E-state index contributed by atoms with van der Waals surface area (Å²) in [4.78, 5) is 28.4. The molecular formula is C22H26N2O5. The van der Waals surface area contributed by atoms with E-state index in [1.54, 1.807) is 19.2 Å². The summed E-state index contributed by atoms with van der Waals surface area (Å²) in [5.41, 5.74) is 0.648. The number of hydrogen-bond donors (Lipinski definition) is 1. The molecule has 7 heteroatoms. The van der Waals surface area contributed by atoms with Gasteiger partial charge in [0.15, 0.2) is 0 Å². The molecule has 1 heterocycles. The van der Waals surface area contributed by atoms with Crippen molar-refractivity contribution >= 4 is 17.7 Å². The van der Waals surface area contributed by atoms with Gasteiger partial charge >= 0.3 is 12.1 Å². The second kappa shape index (κ2) is 9.43. The number of phenols is 1. The van der Waals surface area contributed by atoms with Crippen LogP contribution in [0.15, 0.2) is 48.5 Å². The first-order valence-corrected chi connectivity index (χ1v) is 9.63. The van der Waals surface area contributed by atoms with Gasteiger partial charge in [0, 0.05) is 25.2 Å². The number of aromatic hydroxyl groups is 1. The maximum atomic E-state index is 12.4. The van der Waals surface area contributed by atoms with Crippen molar-refractivity contribution in [1.82, 2.24) is 4.90 Å². The van der Waals surface area contributed by atoms with Gasteiger partial charge in [-0.3, -0.25) is 4.90 Å². The highest BCUT2D eigenvalue weighted by Crippen LogP contribution is 2.25. The molecule has 0 aromatic heterocycles. The SMILES string of the molecule is CN1CCCC(COC(=O)c2cc(OC(=O)N(C)c3ccccc3)ccc2O)C1. The minimum atomic E-state index is -0.634. The van der Waals surface area contributed by atoms with Crippen LogP contribution in [0.5, 0.6) is 11.5 Å². The third kappa shape index (κ3) is 5.48. The van der Waals surface area contributed by atoms with E-state index in [-0.39, 0.29) is 23.0 Å². The highest BCUT2D eigenvalue weighted by atomic mass is 16.6. The molecule has 1 fully saturated rings.